The molecule has 0 aliphatic heterocycles. The Morgan fingerprint density at radius 1 is 1.16 bits per heavy atom. The maximum atomic E-state index is 9.12. The lowest BCUT2D eigenvalue weighted by molar-refractivity contribution is 0.881. The van der Waals surface area contributed by atoms with Crippen molar-refractivity contribution in [2.45, 2.75) is 30.8 Å². The Hall–Kier alpha value is -1.38. The van der Waals surface area contributed by atoms with Crippen LogP contribution in [0.1, 0.15) is 22.5 Å². The van der Waals surface area contributed by atoms with E-state index in [1.807, 2.05) is 32.9 Å². The van der Waals surface area contributed by atoms with Crippen LogP contribution >= 0.6 is 27.7 Å². The lowest BCUT2D eigenvalue weighted by Gasteiger charge is -2.07. The average molecular weight is 334 g/mol. The first-order valence-corrected chi connectivity index (χ1v) is 7.31. The van der Waals surface area contributed by atoms with Crippen LogP contribution in [0.15, 0.2) is 32.7 Å². The number of nitriles is 1. The first-order chi connectivity index (χ1) is 9.01. The molecular formula is C14H12BrN3S. The molecule has 0 aliphatic carbocycles. The van der Waals surface area contributed by atoms with Gasteiger partial charge in [0.15, 0.2) is 5.16 Å². The van der Waals surface area contributed by atoms with Crippen LogP contribution in [0.5, 0.6) is 0 Å². The third-order valence-corrected chi connectivity index (χ3v) is 4.29. The van der Waals surface area contributed by atoms with E-state index < -0.39 is 0 Å². The summed E-state index contributed by atoms with van der Waals surface area (Å²) in [7, 11) is 0. The average Bonchev–Trinajstić information content (AvgIpc) is 2.36. The van der Waals surface area contributed by atoms with E-state index in [0.717, 1.165) is 26.3 Å². The lowest BCUT2D eigenvalue weighted by atomic mass is 10.2. The quantitative estimate of drug-likeness (QED) is 0.773. The lowest BCUT2D eigenvalue weighted by Crippen LogP contribution is -1.98. The number of benzene rings is 1. The van der Waals surface area contributed by atoms with Crippen LogP contribution in [-0.2, 0) is 0 Å². The zero-order valence-electron chi connectivity index (χ0n) is 10.9. The Balaban J connectivity index is 2.42. The molecule has 96 valence electrons. The van der Waals surface area contributed by atoms with E-state index in [1.165, 1.54) is 11.8 Å². The van der Waals surface area contributed by atoms with Crippen molar-refractivity contribution in [3.8, 4) is 6.07 Å². The molecule has 0 N–H and O–H groups in total. The highest BCUT2D eigenvalue weighted by molar-refractivity contribution is 9.10. The van der Waals surface area contributed by atoms with Gasteiger partial charge in [-0.1, -0.05) is 15.9 Å². The molecule has 0 saturated heterocycles. The number of halogens is 1. The third-order valence-electron chi connectivity index (χ3n) is 2.88. The highest BCUT2D eigenvalue weighted by Crippen LogP contribution is 2.31. The van der Waals surface area contributed by atoms with Gasteiger partial charge in [-0.2, -0.15) is 5.26 Å². The molecule has 2 rings (SSSR count). The molecule has 19 heavy (non-hydrogen) atoms. The van der Waals surface area contributed by atoms with Crippen molar-refractivity contribution in [3.63, 3.8) is 0 Å². The van der Waals surface area contributed by atoms with E-state index in [-0.39, 0.29) is 0 Å². The third kappa shape index (κ3) is 3.14. The summed E-state index contributed by atoms with van der Waals surface area (Å²) in [4.78, 5) is 9.78. The van der Waals surface area contributed by atoms with E-state index in [2.05, 4.69) is 32.0 Å². The van der Waals surface area contributed by atoms with Gasteiger partial charge >= 0.3 is 0 Å². The van der Waals surface area contributed by atoms with E-state index >= 15 is 0 Å². The molecule has 0 bridgehead atoms. The standard InChI is InChI=1S/C14H12BrN3S/c1-8-9(2)17-14(18-10(8)3)19-13-6-12(15)5-4-11(13)7-16/h4-6H,1-3H3. The van der Waals surface area contributed by atoms with Crippen molar-refractivity contribution in [2.75, 3.05) is 0 Å². The van der Waals surface area contributed by atoms with Gasteiger partial charge in [-0.3, -0.25) is 0 Å². The Labute approximate surface area is 125 Å². The first kappa shape index (κ1) is 14.0. The fourth-order valence-electron chi connectivity index (χ4n) is 1.56. The predicted octanol–water partition coefficient (Wildman–Crippen LogP) is 4.19. The van der Waals surface area contributed by atoms with Crippen molar-refractivity contribution >= 4 is 27.7 Å². The van der Waals surface area contributed by atoms with Gasteiger partial charge in [0.2, 0.25) is 0 Å². The molecule has 0 atom stereocenters. The van der Waals surface area contributed by atoms with Gasteiger partial charge in [0.05, 0.1) is 5.56 Å². The van der Waals surface area contributed by atoms with Crippen LogP contribution in [0.3, 0.4) is 0 Å². The Morgan fingerprint density at radius 2 is 1.79 bits per heavy atom. The fourth-order valence-corrected chi connectivity index (χ4v) is 3.04. The minimum atomic E-state index is 0.632. The summed E-state index contributed by atoms with van der Waals surface area (Å²) < 4.78 is 0.939. The van der Waals surface area contributed by atoms with Crippen molar-refractivity contribution < 1.29 is 0 Å². The summed E-state index contributed by atoms with van der Waals surface area (Å²) in [5, 5.41) is 9.80. The van der Waals surface area contributed by atoms with Crippen LogP contribution < -0.4 is 0 Å². The summed E-state index contributed by atoms with van der Waals surface area (Å²) in [5.41, 5.74) is 3.69. The summed E-state index contributed by atoms with van der Waals surface area (Å²) in [6.45, 7) is 5.96. The molecule has 0 aliphatic rings. The maximum absolute atomic E-state index is 9.12. The van der Waals surface area contributed by atoms with Crippen LogP contribution in [0.25, 0.3) is 0 Å². The number of aromatic nitrogens is 2. The van der Waals surface area contributed by atoms with Crippen LogP contribution in [0.4, 0.5) is 0 Å². The predicted molar refractivity (Wildman–Crippen MR) is 79.2 cm³/mol. The maximum Gasteiger partial charge on any atom is 0.192 e. The zero-order chi connectivity index (χ0) is 14.0. The van der Waals surface area contributed by atoms with Gasteiger partial charge in [-0.05, 0) is 56.3 Å². The highest BCUT2D eigenvalue weighted by Gasteiger charge is 2.10. The second-order valence-electron chi connectivity index (χ2n) is 4.16. The molecule has 1 aromatic carbocycles. The fraction of sp³-hybridized carbons (Fsp3) is 0.214. The Bertz CT molecular complexity index is 654. The van der Waals surface area contributed by atoms with E-state index in [4.69, 9.17) is 5.26 Å². The molecule has 2 aromatic rings. The molecule has 1 heterocycles. The van der Waals surface area contributed by atoms with E-state index in [9.17, 15) is 0 Å². The topological polar surface area (TPSA) is 49.6 Å². The Kier molecular flexibility index (Phi) is 4.23. The summed E-state index contributed by atoms with van der Waals surface area (Å²) in [5.74, 6) is 0. The molecule has 1 aromatic heterocycles. The first-order valence-electron chi connectivity index (χ1n) is 5.70. The monoisotopic (exact) mass is 333 g/mol. The minimum Gasteiger partial charge on any atom is -0.227 e. The number of rotatable bonds is 2. The van der Waals surface area contributed by atoms with E-state index in [0.29, 0.717) is 10.7 Å². The molecule has 5 heteroatoms. The number of hydrogen-bond acceptors (Lipinski definition) is 4. The van der Waals surface area contributed by atoms with Gasteiger partial charge in [0.25, 0.3) is 0 Å². The molecule has 3 nitrogen and oxygen atoms in total. The molecule has 0 radical (unpaired) electrons. The summed E-state index contributed by atoms with van der Waals surface area (Å²) in [6.07, 6.45) is 0. The summed E-state index contributed by atoms with van der Waals surface area (Å²) >= 11 is 4.83. The van der Waals surface area contributed by atoms with Crippen LogP contribution in [-0.4, -0.2) is 9.97 Å². The number of aryl methyl sites for hydroxylation is 2. The van der Waals surface area contributed by atoms with Crippen LogP contribution in [0.2, 0.25) is 0 Å². The number of hydrogen-bond donors (Lipinski definition) is 0. The molecule has 0 fully saturated rings. The normalized spacial score (nSPS) is 10.3. The Morgan fingerprint density at radius 3 is 2.37 bits per heavy atom. The van der Waals surface area contributed by atoms with Gasteiger partial charge < -0.3 is 0 Å². The van der Waals surface area contributed by atoms with Gasteiger partial charge in [0.1, 0.15) is 6.07 Å². The smallest absolute Gasteiger partial charge is 0.192 e. The van der Waals surface area contributed by atoms with Crippen molar-refractivity contribution in [2.24, 2.45) is 0 Å². The van der Waals surface area contributed by atoms with Crippen LogP contribution in [0, 0.1) is 32.1 Å². The van der Waals surface area contributed by atoms with Gasteiger partial charge in [-0.15, -0.1) is 0 Å². The largest absolute Gasteiger partial charge is 0.227 e. The van der Waals surface area contributed by atoms with Crippen molar-refractivity contribution in [3.05, 3.63) is 45.2 Å². The zero-order valence-corrected chi connectivity index (χ0v) is 13.3. The molecule has 0 saturated carbocycles. The molecule has 0 unspecified atom stereocenters. The van der Waals surface area contributed by atoms with Gasteiger partial charge in [-0.25, -0.2) is 9.97 Å². The second kappa shape index (κ2) is 5.72. The SMILES string of the molecule is Cc1nc(Sc2cc(Br)ccc2C#N)nc(C)c1C. The van der Waals surface area contributed by atoms with Crippen molar-refractivity contribution in [1.82, 2.24) is 9.97 Å². The second-order valence-corrected chi connectivity index (χ2v) is 6.08. The molecular weight excluding hydrogens is 322 g/mol. The highest BCUT2D eigenvalue weighted by atomic mass is 79.9. The van der Waals surface area contributed by atoms with Crippen molar-refractivity contribution in [1.29, 1.82) is 5.26 Å². The molecule has 0 spiro atoms. The van der Waals surface area contributed by atoms with Gasteiger partial charge in [0, 0.05) is 20.8 Å². The van der Waals surface area contributed by atoms with E-state index in [1.54, 1.807) is 6.07 Å². The minimum absolute atomic E-state index is 0.632. The summed E-state index contributed by atoms with van der Waals surface area (Å²) in [6, 6.07) is 7.75. The molecule has 0 amide bonds. The number of nitrogens with zero attached hydrogens (tertiary/aromatic N) is 3.